The second-order valence-corrected chi connectivity index (χ2v) is 9.65. The van der Waals surface area contributed by atoms with Crippen molar-refractivity contribution in [3.8, 4) is 0 Å². The van der Waals surface area contributed by atoms with Crippen molar-refractivity contribution in [2.75, 3.05) is 13.1 Å². The van der Waals surface area contributed by atoms with Crippen LogP contribution in [0, 0.1) is 0 Å². The molecule has 0 radical (unpaired) electrons. The molecule has 0 aromatic rings. The quantitative estimate of drug-likeness (QED) is 0.733. The molecule has 0 saturated carbocycles. The summed E-state index contributed by atoms with van der Waals surface area (Å²) >= 11 is 0. The van der Waals surface area contributed by atoms with Gasteiger partial charge in [-0.3, -0.25) is 0 Å². The summed E-state index contributed by atoms with van der Waals surface area (Å²) in [6.07, 6.45) is -0.442. The van der Waals surface area contributed by atoms with E-state index < -0.39 is 31.5 Å². The molecule has 1 heterocycles. The van der Waals surface area contributed by atoms with Gasteiger partial charge in [0, 0.05) is 13.1 Å². The van der Waals surface area contributed by atoms with E-state index in [4.69, 9.17) is 4.74 Å². The van der Waals surface area contributed by atoms with E-state index in [1.165, 1.54) is 4.90 Å². The minimum atomic E-state index is -3.20. The highest BCUT2D eigenvalue weighted by molar-refractivity contribution is 7.93. The Morgan fingerprint density at radius 2 is 1.56 bits per heavy atom. The average Bonchev–Trinajstić information content (AvgIpc) is 1.92. The molecule has 6 heteroatoms. The van der Waals surface area contributed by atoms with Crippen LogP contribution in [0.5, 0.6) is 0 Å². The third-order valence-corrected chi connectivity index (χ3v) is 5.68. The van der Waals surface area contributed by atoms with E-state index in [2.05, 4.69) is 0 Å². The second kappa shape index (κ2) is 4.40. The van der Waals surface area contributed by atoms with Crippen LogP contribution in [0.15, 0.2) is 0 Å². The lowest BCUT2D eigenvalue weighted by Gasteiger charge is -2.41. The number of amides is 1. The van der Waals surface area contributed by atoms with Gasteiger partial charge >= 0.3 is 6.09 Å². The highest BCUT2D eigenvalue weighted by Gasteiger charge is 2.46. The second-order valence-electron chi connectivity index (χ2n) is 6.66. The molecule has 0 aromatic carbocycles. The molecule has 0 N–H and O–H groups in total. The standard InChI is InChI=1S/C12H23NO4S/c1-11(2,3)17-10(14)13-7-9(8-13)18(15,16)12(4,5)6/h9H,7-8H2,1-6H3. The monoisotopic (exact) mass is 277 g/mol. The van der Waals surface area contributed by atoms with Gasteiger partial charge in [0.15, 0.2) is 9.84 Å². The lowest BCUT2D eigenvalue weighted by molar-refractivity contribution is 0.0138. The highest BCUT2D eigenvalue weighted by atomic mass is 32.2. The van der Waals surface area contributed by atoms with Gasteiger partial charge in [0.2, 0.25) is 0 Å². The molecular formula is C12H23NO4S. The first-order valence-electron chi connectivity index (χ1n) is 6.06. The molecule has 0 aromatic heterocycles. The Morgan fingerprint density at radius 3 is 1.89 bits per heavy atom. The molecule has 1 amide bonds. The molecule has 0 spiro atoms. The molecular weight excluding hydrogens is 254 g/mol. The molecule has 18 heavy (non-hydrogen) atoms. The molecule has 1 rings (SSSR count). The van der Waals surface area contributed by atoms with Gasteiger partial charge in [-0.2, -0.15) is 0 Å². The van der Waals surface area contributed by atoms with E-state index in [0.29, 0.717) is 0 Å². The molecule has 0 aliphatic carbocycles. The van der Waals surface area contributed by atoms with Crippen LogP contribution in [0.3, 0.4) is 0 Å². The Hall–Kier alpha value is -0.780. The molecule has 0 atom stereocenters. The van der Waals surface area contributed by atoms with Crippen molar-refractivity contribution in [1.82, 2.24) is 4.90 Å². The lowest BCUT2D eigenvalue weighted by Crippen LogP contribution is -2.60. The number of carbonyl (C=O) groups is 1. The number of ether oxygens (including phenoxy) is 1. The zero-order valence-corrected chi connectivity index (χ0v) is 12.8. The van der Waals surface area contributed by atoms with Gasteiger partial charge in [0.05, 0.1) is 10.00 Å². The van der Waals surface area contributed by atoms with Crippen molar-refractivity contribution in [3.05, 3.63) is 0 Å². The summed E-state index contributed by atoms with van der Waals surface area (Å²) in [7, 11) is -3.20. The Kier molecular flexibility index (Phi) is 3.74. The van der Waals surface area contributed by atoms with E-state index in [1.807, 2.05) is 0 Å². The Balaban J connectivity index is 2.58. The summed E-state index contributed by atoms with van der Waals surface area (Å²) in [4.78, 5) is 13.1. The molecule has 1 fully saturated rings. The third kappa shape index (κ3) is 3.16. The third-order valence-electron chi connectivity index (χ3n) is 2.79. The summed E-state index contributed by atoms with van der Waals surface area (Å²) in [6.45, 7) is 10.9. The van der Waals surface area contributed by atoms with Crippen LogP contribution in [0.25, 0.3) is 0 Å². The zero-order valence-electron chi connectivity index (χ0n) is 12.0. The number of hydrogen-bond donors (Lipinski definition) is 0. The molecule has 106 valence electrons. The normalized spacial score (nSPS) is 18.4. The Bertz CT molecular complexity index is 422. The number of nitrogens with zero attached hydrogens (tertiary/aromatic N) is 1. The Morgan fingerprint density at radius 1 is 1.11 bits per heavy atom. The predicted molar refractivity (Wildman–Crippen MR) is 70.3 cm³/mol. The van der Waals surface area contributed by atoms with Crippen molar-refractivity contribution in [2.24, 2.45) is 0 Å². The molecule has 5 nitrogen and oxygen atoms in total. The maximum absolute atomic E-state index is 12.1. The molecule has 1 aliphatic heterocycles. The van der Waals surface area contributed by atoms with Gasteiger partial charge in [0.25, 0.3) is 0 Å². The fourth-order valence-electron chi connectivity index (χ4n) is 1.61. The topological polar surface area (TPSA) is 63.7 Å². The number of hydrogen-bond acceptors (Lipinski definition) is 4. The fraction of sp³-hybridized carbons (Fsp3) is 0.917. The van der Waals surface area contributed by atoms with Crippen LogP contribution in [0.2, 0.25) is 0 Å². The lowest BCUT2D eigenvalue weighted by atomic mass is 10.2. The van der Waals surface area contributed by atoms with Crippen LogP contribution in [-0.2, 0) is 14.6 Å². The summed E-state index contributed by atoms with van der Waals surface area (Å²) in [6, 6.07) is 0. The summed E-state index contributed by atoms with van der Waals surface area (Å²) in [5.41, 5.74) is -0.551. The van der Waals surface area contributed by atoms with Gasteiger partial charge in [-0.1, -0.05) is 0 Å². The van der Waals surface area contributed by atoms with Crippen molar-refractivity contribution in [3.63, 3.8) is 0 Å². The first kappa shape index (κ1) is 15.3. The first-order chi connectivity index (χ1) is 7.84. The van der Waals surface area contributed by atoms with Gasteiger partial charge in [-0.25, -0.2) is 13.2 Å². The minimum Gasteiger partial charge on any atom is -0.444 e. The predicted octanol–water partition coefficient (Wildman–Crippen LogP) is 1.82. The van der Waals surface area contributed by atoms with Gasteiger partial charge in [0.1, 0.15) is 5.60 Å². The van der Waals surface area contributed by atoms with E-state index >= 15 is 0 Å². The maximum Gasteiger partial charge on any atom is 0.410 e. The SMILES string of the molecule is CC(C)(C)OC(=O)N1CC(S(=O)(=O)C(C)(C)C)C1. The maximum atomic E-state index is 12.1. The Labute approximate surface area is 109 Å². The minimum absolute atomic E-state index is 0.231. The fourth-order valence-corrected chi connectivity index (χ4v) is 3.36. The smallest absolute Gasteiger partial charge is 0.410 e. The summed E-state index contributed by atoms with van der Waals surface area (Å²) in [5, 5.41) is -0.468. The number of sulfone groups is 1. The van der Waals surface area contributed by atoms with Crippen molar-refractivity contribution < 1.29 is 17.9 Å². The van der Waals surface area contributed by atoms with Crippen molar-refractivity contribution in [1.29, 1.82) is 0 Å². The van der Waals surface area contributed by atoms with E-state index in [-0.39, 0.29) is 13.1 Å². The van der Waals surface area contributed by atoms with Gasteiger partial charge < -0.3 is 9.64 Å². The van der Waals surface area contributed by atoms with E-state index in [9.17, 15) is 13.2 Å². The van der Waals surface area contributed by atoms with Crippen molar-refractivity contribution in [2.45, 2.75) is 57.1 Å². The highest BCUT2D eigenvalue weighted by Crippen LogP contribution is 2.27. The van der Waals surface area contributed by atoms with E-state index in [0.717, 1.165) is 0 Å². The van der Waals surface area contributed by atoms with Crippen LogP contribution in [-0.4, -0.2) is 48.1 Å². The molecule has 1 saturated heterocycles. The van der Waals surface area contributed by atoms with Crippen LogP contribution in [0.1, 0.15) is 41.5 Å². The van der Waals surface area contributed by atoms with Crippen LogP contribution < -0.4 is 0 Å². The number of rotatable bonds is 1. The van der Waals surface area contributed by atoms with Gasteiger partial charge in [-0.15, -0.1) is 0 Å². The number of likely N-dealkylation sites (tertiary alicyclic amines) is 1. The van der Waals surface area contributed by atoms with Crippen LogP contribution >= 0.6 is 0 Å². The van der Waals surface area contributed by atoms with Crippen molar-refractivity contribution >= 4 is 15.9 Å². The average molecular weight is 277 g/mol. The zero-order chi connectivity index (χ0) is 14.4. The molecule has 0 bridgehead atoms. The largest absolute Gasteiger partial charge is 0.444 e. The number of carbonyl (C=O) groups excluding carboxylic acids is 1. The van der Waals surface area contributed by atoms with Gasteiger partial charge in [-0.05, 0) is 41.5 Å². The first-order valence-corrected chi connectivity index (χ1v) is 7.60. The molecule has 1 aliphatic rings. The summed E-state index contributed by atoms with van der Waals surface area (Å²) < 4.78 is 28.6. The molecule has 0 unspecified atom stereocenters. The van der Waals surface area contributed by atoms with Crippen LogP contribution in [0.4, 0.5) is 4.79 Å². The summed E-state index contributed by atoms with van der Waals surface area (Å²) in [5.74, 6) is 0. The van der Waals surface area contributed by atoms with E-state index in [1.54, 1.807) is 41.5 Å².